The molecule has 0 radical (unpaired) electrons. The van der Waals surface area contributed by atoms with Crippen LogP contribution >= 0.6 is 0 Å². The molecule has 0 atom stereocenters. The van der Waals surface area contributed by atoms with Gasteiger partial charge in [-0.15, -0.1) is 0 Å². The second kappa shape index (κ2) is 7.35. The van der Waals surface area contributed by atoms with Gasteiger partial charge in [0.05, 0.1) is 4.90 Å². The monoisotopic (exact) mass is 312 g/mol. The largest absolute Gasteiger partial charge is 0.381 e. The normalized spacial score (nSPS) is 17.3. The number of hydrogen-bond acceptors (Lipinski definition) is 4. The van der Waals surface area contributed by atoms with Gasteiger partial charge in [-0.3, -0.25) is 0 Å². The van der Waals surface area contributed by atoms with Crippen molar-refractivity contribution in [3.05, 3.63) is 29.8 Å². The summed E-state index contributed by atoms with van der Waals surface area (Å²) in [6.07, 6.45) is 1.46. The highest BCUT2D eigenvalue weighted by molar-refractivity contribution is 7.89. The van der Waals surface area contributed by atoms with Crippen LogP contribution in [0.3, 0.4) is 0 Å². The first-order chi connectivity index (χ1) is 9.99. The summed E-state index contributed by atoms with van der Waals surface area (Å²) in [5, 5.41) is 3.27. The Balaban J connectivity index is 2.14. The maximum Gasteiger partial charge on any atom is 0.241 e. The first-order valence-electron chi connectivity index (χ1n) is 7.40. The van der Waals surface area contributed by atoms with E-state index in [2.05, 4.69) is 10.0 Å². The minimum Gasteiger partial charge on any atom is -0.381 e. The minimum absolute atomic E-state index is 0.0325. The van der Waals surface area contributed by atoms with E-state index in [0.717, 1.165) is 18.4 Å². The molecule has 2 rings (SSSR count). The maximum atomic E-state index is 12.6. The molecule has 0 aromatic heterocycles. The van der Waals surface area contributed by atoms with Crippen molar-refractivity contribution in [3.8, 4) is 0 Å². The van der Waals surface area contributed by atoms with Crippen molar-refractivity contribution >= 4 is 10.0 Å². The van der Waals surface area contributed by atoms with Crippen molar-refractivity contribution in [2.45, 2.75) is 50.2 Å². The molecule has 2 N–H and O–H groups in total. The molecule has 0 unspecified atom stereocenters. The third-order valence-electron chi connectivity index (χ3n) is 3.51. The quantitative estimate of drug-likeness (QED) is 0.838. The van der Waals surface area contributed by atoms with Gasteiger partial charge in [-0.1, -0.05) is 32.0 Å². The molecule has 0 saturated carbocycles. The second-order valence-corrected chi connectivity index (χ2v) is 7.33. The van der Waals surface area contributed by atoms with Crippen LogP contribution in [0.5, 0.6) is 0 Å². The molecule has 1 aromatic rings. The van der Waals surface area contributed by atoms with E-state index in [9.17, 15) is 8.42 Å². The minimum atomic E-state index is -3.48. The van der Waals surface area contributed by atoms with Crippen molar-refractivity contribution in [2.75, 3.05) is 13.2 Å². The SMILES string of the molecule is CC(C)NCc1ccccc1S(=O)(=O)NC1CCOCC1. The Morgan fingerprint density at radius 2 is 1.90 bits per heavy atom. The van der Waals surface area contributed by atoms with E-state index < -0.39 is 10.0 Å². The Morgan fingerprint density at radius 3 is 2.57 bits per heavy atom. The molecule has 0 bridgehead atoms. The summed E-state index contributed by atoms with van der Waals surface area (Å²) < 4.78 is 33.2. The number of hydrogen-bond donors (Lipinski definition) is 2. The van der Waals surface area contributed by atoms with Crippen molar-refractivity contribution < 1.29 is 13.2 Å². The Labute approximate surface area is 127 Å². The lowest BCUT2D eigenvalue weighted by atomic mass is 10.1. The average molecular weight is 312 g/mol. The van der Waals surface area contributed by atoms with Crippen LogP contribution in [0.4, 0.5) is 0 Å². The lowest BCUT2D eigenvalue weighted by Gasteiger charge is -2.23. The zero-order valence-electron chi connectivity index (χ0n) is 12.6. The molecule has 1 aliphatic heterocycles. The Bertz CT molecular complexity index is 552. The summed E-state index contributed by atoms with van der Waals surface area (Å²) in [5.74, 6) is 0. The van der Waals surface area contributed by atoms with Crippen molar-refractivity contribution in [1.29, 1.82) is 0 Å². The Morgan fingerprint density at radius 1 is 1.24 bits per heavy atom. The summed E-state index contributed by atoms with van der Waals surface area (Å²) in [4.78, 5) is 0.365. The molecule has 1 aliphatic rings. The lowest BCUT2D eigenvalue weighted by Crippen LogP contribution is -2.39. The van der Waals surface area contributed by atoms with Crippen LogP contribution in [0.2, 0.25) is 0 Å². The number of rotatable bonds is 6. The molecule has 6 heteroatoms. The van der Waals surface area contributed by atoms with Crippen LogP contribution in [0.25, 0.3) is 0 Å². The van der Waals surface area contributed by atoms with Crippen molar-refractivity contribution in [2.24, 2.45) is 0 Å². The third-order valence-corrected chi connectivity index (χ3v) is 5.13. The smallest absolute Gasteiger partial charge is 0.241 e. The van der Waals surface area contributed by atoms with Gasteiger partial charge in [-0.05, 0) is 24.5 Å². The molecule has 1 fully saturated rings. The van der Waals surface area contributed by atoms with E-state index >= 15 is 0 Å². The van der Waals surface area contributed by atoms with E-state index in [0.29, 0.717) is 30.7 Å². The summed E-state index contributed by atoms with van der Waals surface area (Å²) in [6, 6.07) is 7.42. The van der Waals surface area contributed by atoms with Crippen LogP contribution in [-0.4, -0.2) is 33.7 Å². The molecule has 0 aliphatic carbocycles. The van der Waals surface area contributed by atoms with Gasteiger partial charge in [0.15, 0.2) is 0 Å². The van der Waals surface area contributed by atoms with E-state index in [1.54, 1.807) is 12.1 Å². The average Bonchev–Trinajstić information content (AvgIpc) is 2.46. The van der Waals surface area contributed by atoms with Crippen LogP contribution in [0.1, 0.15) is 32.3 Å². The van der Waals surface area contributed by atoms with Crippen LogP contribution in [-0.2, 0) is 21.3 Å². The molecule has 0 amide bonds. The predicted octanol–water partition coefficient (Wildman–Crippen LogP) is 1.64. The van der Waals surface area contributed by atoms with Gasteiger partial charge in [-0.2, -0.15) is 0 Å². The molecule has 1 heterocycles. The van der Waals surface area contributed by atoms with Crippen LogP contribution in [0, 0.1) is 0 Å². The summed E-state index contributed by atoms with van der Waals surface area (Å²) in [5.41, 5.74) is 0.797. The molecule has 5 nitrogen and oxygen atoms in total. The highest BCUT2D eigenvalue weighted by atomic mass is 32.2. The molecular weight excluding hydrogens is 288 g/mol. The van der Waals surface area contributed by atoms with Gasteiger partial charge >= 0.3 is 0 Å². The van der Waals surface area contributed by atoms with Gasteiger partial charge in [0.25, 0.3) is 0 Å². The Hall–Kier alpha value is -0.950. The van der Waals surface area contributed by atoms with E-state index in [4.69, 9.17) is 4.74 Å². The number of benzene rings is 1. The first kappa shape index (κ1) is 16.4. The van der Waals surface area contributed by atoms with Gasteiger partial charge in [0, 0.05) is 31.8 Å². The molecular formula is C15H24N2O3S. The predicted molar refractivity (Wildman–Crippen MR) is 82.6 cm³/mol. The molecule has 21 heavy (non-hydrogen) atoms. The zero-order valence-corrected chi connectivity index (χ0v) is 13.4. The lowest BCUT2D eigenvalue weighted by molar-refractivity contribution is 0.0832. The van der Waals surface area contributed by atoms with Gasteiger partial charge in [-0.25, -0.2) is 13.1 Å². The standard InChI is InChI=1S/C15H24N2O3S/c1-12(2)16-11-13-5-3-4-6-15(13)21(18,19)17-14-7-9-20-10-8-14/h3-6,12,14,16-17H,7-11H2,1-2H3. The zero-order chi connectivity index (χ0) is 15.3. The summed E-state index contributed by atoms with van der Waals surface area (Å²) in [6.45, 7) is 5.85. The number of sulfonamides is 1. The van der Waals surface area contributed by atoms with Gasteiger partial charge in [0.2, 0.25) is 10.0 Å². The maximum absolute atomic E-state index is 12.6. The van der Waals surface area contributed by atoms with Gasteiger partial charge in [0.1, 0.15) is 0 Å². The van der Waals surface area contributed by atoms with Crippen LogP contribution < -0.4 is 10.0 Å². The molecule has 0 spiro atoms. The molecule has 118 valence electrons. The summed E-state index contributed by atoms with van der Waals surface area (Å²) in [7, 11) is -3.48. The van der Waals surface area contributed by atoms with Crippen molar-refractivity contribution in [3.63, 3.8) is 0 Å². The number of ether oxygens (including phenoxy) is 1. The first-order valence-corrected chi connectivity index (χ1v) is 8.89. The van der Waals surface area contributed by atoms with Crippen molar-refractivity contribution in [1.82, 2.24) is 10.0 Å². The fourth-order valence-electron chi connectivity index (χ4n) is 2.32. The third kappa shape index (κ3) is 4.78. The topological polar surface area (TPSA) is 67.4 Å². The van der Waals surface area contributed by atoms with Gasteiger partial charge < -0.3 is 10.1 Å². The number of nitrogens with one attached hydrogen (secondary N) is 2. The van der Waals surface area contributed by atoms with E-state index in [1.165, 1.54) is 0 Å². The highest BCUT2D eigenvalue weighted by Gasteiger charge is 2.23. The fourth-order valence-corrected chi connectivity index (χ4v) is 3.87. The van der Waals surface area contributed by atoms with E-state index in [1.807, 2.05) is 26.0 Å². The summed E-state index contributed by atoms with van der Waals surface area (Å²) >= 11 is 0. The van der Waals surface area contributed by atoms with E-state index in [-0.39, 0.29) is 6.04 Å². The molecule has 1 saturated heterocycles. The highest BCUT2D eigenvalue weighted by Crippen LogP contribution is 2.18. The van der Waals surface area contributed by atoms with Crippen LogP contribution in [0.15, 0.2) is 29.2 Å². The second-order valence-electron chi connectivity index (χ2n) is 5.65. The Kier molecular flexibility index (Phi) is 5.75. The fraction of sp³-hybridized carbons (Fsp3) is 0.600. The molecule has 1 aromatic carbocycles.